The lowest BCUT2D eigenvalue weighted by atomic mass is 10.1. The number of benzene rings is 2. The fourth-order valence-electron chi connectivity index (χ4n) is 2.65. The van der Waals surface area contributed by atoms with Crippen molar-refractivity contribution in [1.29, 1.82) is 0 Å². The average molecular weight is 356 g/mol. The number of amides is 1. The van der Waals surface area contributed by atoms with Gasteiger partial charge in [-0.15, -0.1) is 0 Å². The maximum Gasteiger partial charge on any atom is 0.221 e. The van der Waals surface area contributed by atoms with Crippen LogP contribution in [0.25, 0.3) is 0 Å². The first kappa shape index (κ1) is 19.6. The summed E-state index contributed by atoms with van der Waals surface area (Å²) in [6.45, 7) is 3.35. The molecule has 0 aliphatic rings. The Morgan fingerprint density at radius 2 is 1.62 bits per heavy atom. The Kier molecular flexibility index (Phi) is 7.80. The Balaban J connectivity index is 1.68. The van der Waals surface area contributed by atoms with E-state index in [-0.39, 0.29) is 5.91 Å². The maximum atomic E-state index is 12.0. The second-order valence-corrected chi connectivity index (χ2v) is 6.02. The molecule has 5 heteroatoms. The van der Waals surface area contributed by atoms with Crippen LogP contribution in [0.4, 0.5) is 5.69 Å². The van der Waals surface area contributed by atoms with Crippen LogP contribution in [0.15, 0.2) is 42.5 Å². The second-order valence-electron chi connectivity index (χ2n) is 6.02. The Bertz CT molecular complexity index is 699. The lowest BCUT2D eigenvalue weighted by Crippen LogP contribution is -2.27. The summed E-state index contributed by atoms with van der Waals surface area (Å²) >= 11 is 0. The summed E-state index contributed by atoms with van der Waals surface area (Å²) in [4.78, 5) is 12.0. The fourth-order valence-corrected chi connectivity index (χ4v) is 2.65. The summed E-state index contributed by atoms with van der Waals surface area (Å²) in [6.07, 6.45) is 2.22. The van der Waals surface area contributed by atoms with E-state index in [1.165, 1.54) is 5.56 Å². The number of nitrogens with one attached hydrogen (secondary N) is 2. The number of methoxy groups -OCH3 is 2. The normalized spacial score (nSPS) is 10.3. The number of aryl methyl sites for hydroxylation is 1. The van der Waals surface area contributed by atoms with E-state index in [2.05, 4.69) is 29.7 Å². The number of rotatable bonds is 10. The highest BCUT2D eigenvalue weighted by Crippen LogP contribution is 2.27. The zero-order chi connectivity index (χ0) is 18.8. The summed E-state index contributed by atoms with van der Waals surface area (Å²) in [7, 11) is 3.23. The molecule has 2 aromatic rings. The van der Waals surface area contributed by atoms with Crippen LogP contribution in [0.3, 0.4) is 0 Å². The fraction of sp³-hybridized carbons (Fsp3) is 0.381. The highest BCUT2D eigenvalue weighted by Gasteiger charge is 2.05. The van der Waals surface area contributed by atoms with Crippen LogP contribution in [0.2, 0.25) is 0 Å². The molecule has 2 N–H and O–H groups in total. The van der Waals surface area contributed by atoms with Crippen LogP contribution in [0, 0.1) is 0 Å². The smallest absolute Gasteiger partial charge is 0.221 e. The molecule has 2 rings (SSSR count). The monoisotopic (exact) mass is 356 g/mol. The highest BCUT2D eigenvalue weighted by molar-refractivity contribution is 5.76. The SMILES string of the molecule is CCc1ccc(NCCC(=O)NCCc2ccc(OC)c(OC)c2)cc1. The minimum Gasteiger partial charge on any atom is -0.493 e. The molecule has 0 radical (unpaired) electrons. The van der Waals surface area contributed by atoms with Gasteiger partial charge in [-0.2, -0.15) is 0 Å². The number of hydrogen-bond acceptors (Lipinski definition) is 4. The van der Waals surface area contributed by atoms with Gasteiger partial charge in [-0.1, -0.05) is 25.1 Å². The van der Waals surface area contributed by atoms with Crippen molar-refractivity contribution in [3.63, 3.8) is 0 Å². The molecule has 26 heavy (non-hydrogen) atoms. The minimum atomic E-state index is 0.0446. The lowest BCUT2D eigenvalue weighted by molar-refractivity contribution is -0.120. The zero-order valence-corrected chi connectivity index (χ0v) is 15.8. The minimum absolute atomic E-state index is 0.0446. The van der Waals surface area contributed by atoms with E-state index in [0.717, 1.165) is 24.1 Å². The third kappa shape index (κ3) is 5.99. The van der Waals surface area contributed by atoms with Gasteiger partial charge < -0.3 is 20.1 Å². The van der Waals surface area contributed by atoms with E-state index in [1.54, 1.807) is 14.2 Å². The Labute approximate surface area is 155 Å². The molecule has 0 heterocycles. The number of ether oxygens (including phenoxy) is 2. The number of anilines is 1. The molecule has 0 fully saturated rings. The maximum absolute atomic E-state index is 12.0. The molecule has 140 valence electrons. The molecule has 0 saturated heterocycles. The Hall–Kier alpha value is -2.69. The summed E-state index contributed by atoms with van der Waals surface area (Å²) in [5.41, 5.74) is 3.45. The molecule has 5 nitrogen and oxygen atoms in total. The van der Waals surface area contributed by atoms with Crippen molar-refractivity contribution in [1.82, 2.24) is 5.32 Å². The molecule has 0 aliphatic carbocycles. The molecular formula is C21H28N2O3. The third-order valence-corrected chi connectivity index (χ3v) is 4.23. The summed E-state index contributed by atoms with van der Waals surface area (Å²) < 4.78 is 10.5. The van der Waals surface area contributed by atoms with Crippen molar-refractivity contribution in [2.24, 2.45) is 0 Å². The van der Waals surface area contributed by atoms with Crippen molar-refractivity contribution in [2.75, 3.05) is 32.6 Å². The summed E-state index contributed by atoms with van der Waals surface area (Å²) in [5, 5.41) is 6.22. The molecule has 0 bridgehead atoms. The van der Waals surface area contributed by atoms with Gasteiger partial charge in [-0.3, -0.25) is 4.79 Å². The molecule has 0 unspecified atom stereocenters. The summed E-state index contributed by atoms with van der Waals surface area (Å²) in [5.74, 6) is 1.45. The number of hydrogen-bond donors (Lipinski definition) is 2. The molecule has 0 aliphatic heterocycles. The zero-order valence-electron chi connectivity index (χ0n) is 15.8. The van der Waals surface area contributed by atoms with Crippen LogP contribution in [-0.2, 0) is 17.6 Å². The van der Waals surface area contributed by atoms with Gasteiger partial charge in [-0.05, 0) is 48.2 Å². The van der Waals surface area contributed by atoms with Gasteiger partial charge >= 0.3 is 0 Å². The largest absolute Gasteiger partial charge is 0.493 e. The van der Waals surface area contributed by atoms with Crippen molar-refractivity contribution in [2.45, 2.75) is 26.2 Å². The van der Waals surface area contributed by atoms with E-state index >= 15 is 0 Å². The first-order chi connectivity index (χ1) is 12.7. The predicted molar refractivity (Wildman–Crippen MR) is 105 cm³/mol. The van der Waals surface area contributed by atoms with Crippen LogP contribution < -0.4 is 20.1 Å². The number of carbonyl (C=O) groups is 1. The molecule has 2 aromatic carbocycles. The van der Waals surface area contributed by atoms with Gasteiger partial charge in [0.2, 0.25) is 5.91 Å². The average Bonchev–Trinajstić information content (AvgIpc) is 2.68. The molecule has 0 atom stereocenters. The van der Waals surface area contributed by atoms with Crippen LogP contribution >= 0.6 is 0 Å². The predicted octanol–water partition coefficient (Wildman–Crippen LogP) is 3.43. The van der Waals surface area contributed by atoms with E-state index in [4.69, 9.17) is 9.47 Å². The standard InChI is InChI=1S/C21H28N2O3/c1-4-16-5-8-18(9-6-16)22-14-12-21(24)23-13-11-17-7-10-19(25-2)20(15-17)26-3/h5-10,15,22H,4,11-14H2,1-3H3,(H,23,24). The Morgan fingerprint density at radius 1 is 0.923 bits per heavy atom. The van der Waals surface area contributed by atoms with Crippen molar-refractivity contribution >= 4 is 11.6 Å². The van der Waals surface area contributed by atoms with Crippen LogP contribution in [-0.4, -0.2) is 33.2 Å². The van der Waals surface area contributed by atoms with E-state index in [0.29, 0.717) is 31.0 Å². The van der Waals surface area contributed by atoms with Crippen molar-refractivity contribution in [3.8, 4) is 11.5 Å². The van der Waals surface area contributed by atoms with Gasteiger partial charge in [0.05, 0.1) is 14.2 Å². The number of carbonyl (C=O) groups excluding carboxylic acids is 1. The topological polar surface area (TPSA) is 59.6 Å². The van der Waals surface area contributed by atoms with Gasteiger partial charge in [0, 0.05) is 25.2 Å². The van der Waals surface area contributed by atoms with Crippen molar-refractivity contribution < 1.29 is 14.3 Å². The van der Waals surface area contributed by atoms with E-state index in [9.17, 15) is 4.79 Å². The van der Waals surface area contributed by atoms with E-state index < -0.39 is 0 Å². The van der Waals surface area contributed by atoms with Gasteiger partial charge in [0.25, 0.3) is 0 Å². The quantitative estimate of drug-likeness (QED) is 0.685. The molecule has 1 amide bonds. The lowest BCUT2D eigenvalue weighted by Gasteiger charge is -2.10. The van der Waals surface area contributed by atoms with Gasteiger partial charge in [-0.25, -0.2) is 0 Å². The molecule has 0 aromatic heterocycles. The molecular weight excluding hydrogens is 328 g/mol. The molecule has 0 spiro atoms. The Morgan fingerprint density at radius 3 is 2.27 bits per heavy atom. The second kappa shape index (κ2) is 10.3. The van der Waals surface area contributed by atoms with Gasteiger partial charge in [0.1, 0.15) is 0 Å². The summed E-state index contributed by atoms with van der Waals surface area (Å²) in [6, 6.07) is 14.1. The third-order valence-electron chi connectivity index (χ3n) is 4.23. The highest BCUT2D eigenvalue weighted by atomic mass is 16.5. The first-order valence-corrected chi connectivity index (χ1v) is 8.96. The van der Waals surface area contributed by atoms with E-state index in [1.807, 2.05) is 30.3 Å². The first-order valence-electron chi connectivity index (χ1n) is 8.96. The van der Waals surface area contributed by atoms with Gasteiger partial charge in [0.15, 0.2) is 11.5 Å². The van der Waals surface area contributed by atoms with Crippen LogP contribution in [0.5, 0.6) is 11.5 Å². The molecule has 0 saturated carbocycles. The van der Waals surface area contributed by atoms with Crippen LogP contribution in [0.1, 0.15) is 24.5 Å². The van der Waals surface area contributed by atoms with Crippen molar-refractivity contribution in [3.05, 3.63) is 53.6 Å².